The number of hydrogen-bond donors (Lipinski definition) is 1. The normalized spacial score (nSPS) is 14.9. The topological polar surface area (TPSA) is 80.5 Å². The molecule has 2 aromatic carbocycles. The van der Waals surface area contributed by atoms with Gasteiger partial charge in [-0.3, -0.25) is 9.69 Å². The molecule has 2 heterocycles. The molecule has 1 aliphatic heterocycles. The predicted octanol–water partition coefficient (Wildman–Crippen LogP) is 4.79. The third kappa shape index (κ3) is 7.15. The molecule has 1 saturated heterocycles. The molecule has 35 heavy (non-hydrogen) atoms. The highest BCUT2D eigenvalue weighted by molar-refractivity contribution is 5.78. The monoisotopic (exact) mass is 476 g/mol. The van der Waals surface area contributed by atoms with Gasteiger partial charge in [-0.2, -0.15) is 4.98 Å². The predicted molar refractivity (Wildman–Crippen MR) is 136 cm³/mol. The summed E-state index contributed by atoms with van der Waals surface area (Å²) in [5, 5.41) is 7.28. The summed E-state index contributed by atoms with van der Waals surface area (Å²) in [5.74, 6) is 2.39. The van der Waals surface area contributed by atoms with Gasteiger partial charge in [-0.25, -0.2) is 0 Å². The number of carbonyl (C=O) groups is 1. The first kappa shape index (κ1) is 24.9. The summed E-state index contributed by atoms with van der Waals surface area (Å²) in [6.07, 6.45) is 3.74. The lowest BCUT2D eigenvalue weighted by atomic mass is 9.96. The molecule has 1 fully saturated rings. The van der Waals surface area contributed by atoms with Gasteiger partial charge in [-0.15, -0.1) is 0 Å². The van der Waals surface area contributed by atoms with Crippen molar-refractivity contribution in [2.24, 2.45) is 5.92 Å². The minimum Gasteiger partial charge on any atom is -0.491 e. The SMILES string of the molecule is Cc1ccccc1-c1noc(CN2CCC(C(=O)NCCCc3ccc(OC(C)C)cc3)CC2)n1. The van der Waals surface area contributed by atoms with E-state index in [0.717, 1.165) is 55.6 Å². The quantitative estimate of drug-likeness (QED) is 0.424. The van der Waals surface area contributed by atoms with Crippen LogP contribution >= 0.6 is 0 Å². The molecule has 7 heteroatoms. The fourth-order valence-corrected chi connectivity index (χ4v) is 4.45. The molecule has 186 valence electrons. The summed E-state index contributed by atoms with van der Waals surface area (Å²) < 4.78 is 11.2. The Morgan fingerprint density at radius 3 is 2.60 bits per heavy atom. The van der Waals surface area contributed by atoms with Gasteiger partial charge in [-0.1, -0.05) is 41.6 Å². The summed E-state index contributed by atoms with van der Waals surface area (Å²) in [4.78, 5) is 19.5. The fourth-order valence-electron chi connectivity index (χ4n) is 4.45. The van der Waals surface area contributed by atoms with E-state index in [1.807, 2.05) is 57.2 Å². The molecule has 4 rings (SSSR count). The Labute approximate surface area is 207 Å². The van der Waals surface area contributed by atoms with Gasteiger partial charge in [0, 0.05) is 18.0 Å². The molecule has 7 nitrogen and oxygen atoms in total. The number of nitrogens with zero attached hydrogens (tertiary/aromatic N) is 3. The van der Waals surface area contributed by atoms with E-state index in [0.29, 0.717) is 24.8 Å². The second-order valence-electron chi connectivity index (χ2n) is 9.58. The molecular weight excluding hydrogens is 440 g/mol. The zero-order valence-electron chi connectivity index (χ0n) is 21.0. The van der Waals surface area contributed by atoms with E-state index in [9.17, 15) is 4.79 Å². The molecule has 0 aliphatic carbocycles. The van der Waals surface area contributed by atoms with E-state index in [2.05, 4.69) is 32.5 Å². The lowest BCUT2D eigenvalue weighted by Crippen LogP contribution is -2.40. The second kappa shape index (κ2) is 12.0. The van der Waals surface area contributed by atoms with Gasteiger partial charge in [0.15, 0.2) is 0 Å². The summed E-state index contributed by atoms with van der Waals surface area (Å²) in [5.41, 5.74) is 3.38. The van der Waals surface area contributed by atoms with E-state index >= 15 is 0 Å². The van der Waals surface area contributed by atoms with Crippen molar-refractivity contribution in [1.29, 1.82) is 0 Å². The van der Waals surface area contributed by atoms with Crippen LogP contribution in [0.15, 0.2) is 53.1 Å². The molecule has 1 aromatic heterocycles. The Bertz CT molecular complexity index is 1090. The number of amides is 1. The van der Waals surface area contributed by atoms with Crippen molar-refractivity contribution in [3.05, 3.63) is 65.5 Å². The van der Waals surface area contributed by atoms with E-state index in [1.165, 1.54) is 5.56 Å². The average molecular weight is 477 g/mol. The van der Waals surface area contributed by atoms with Crippen LogP contribution in [0.25, 0.3) is 11.4 Å². The molecule has 1 N–H and O–H groups in total. The van der Waals surface area contributed by atoms with Crippen molar-refractivity contribution in [3.63, 3.8) is 0 Å². The molecule has 0 unspecified atom stereocenters. The lowest BCUT2D eigenvalue weighted by Gasteiger charge is -2.30. The molecule has 3 aromatic rings. The third-order valence-corrected chi connectivity index (χ3v) is 6.41. The molecule has 1 aliphatic rings. The van der Waals surface area contributed by atoms with Crippen LogP contribution in [0.5, 0.6) is 5.75 Å². The highest BCUT2D eigenvalue weighted by Gasteiger charge is 2.25. The van der Waals surface area contributed by atoms with Crippen LogP contribution in [0.3, 0.4) is 0 Å². The van der Waals surface area contributed by atoms with Crippen LogP contribution < -0.4 is 10.1 Å². The van der Waals surface area contributed by atoms with E-state index in [4.69, 9.17) is 9.26 Å². The third-order valence-electron chi connectivity index (χ3n) is 6.41. The van der Waals surface area contributed by atoms with Crippen molar-refractivity contribution in [2.45, 2.75) is 59.1 Å². The molecule has 0 saturated carbocycles. The number of benzene rings is 2. The molecule has 0 atom stereocenters. The second-order valence-corrected chi connectivity index (χ2v) is 9.58. The van der Waals surface area contributed by atoms with E-state index in [1.54, 1.807) is 0 Å². The minimum atomic E-state index is 0.0731. The number of hydrogen-bond acceptors (Lipinski definition) is 6. The van der Waals surface area contributed by atoms with Crippen LogP contribution in [-0.2, 0) is 17.8 Å². The maximum atomic E-state index is 12.6. The smallest absolute Gasteiger partial charge is 0.241 e. The summed E-state index contributed by atoms with van der Waals surface area (Å²) in [7, 11) is 0. The Kier molecular flexibility index (Phi) is 8.53. The zero-order valence-corrected chi connectivity index (χ0v) is 21.0. The summed E-state index contributed by atoms with van der Waals surface area (Å²) in [6, 6.07) is 16.3. The fraction of sp³-hybridized carbons (Fsp3) is 0.464. The van der Waals surface area contributed by atoms with Gasteiger partial charge in [0.25, 0.3) is 0 Å². The van der Waals surface area contributed by atoms with Crippen LogP contribution in [0, 0.1) is 12.8 Å². The number of carbonyl (C=O) groups excluding carboxylic acids is 1. The number of likely N-dealkylation sites (tertiary alicyclic amines) is 1. The number of rotatable bonds is 10. The average Bonchev–Trinajstić information content (AvgIpc) is 3.31. The van der Waals surface area contributed by atoms with Crippen LogP contribution in [0.4, 0.5) is 0 Å². The largest absolute Gasteiger partial charge is 0.491 e. The van der Waals surface area contributed by atoms with Crippen molar-refractivity contribution in [1.82, 2.24) is 20.4 Å². The Morgan fingerprint density at radius 1 is 1.14 bits per heavy atom. The number of aryl methyl sites for hydroxylation is 2. The standard InChI is InChI=1S/C28H36N4O3/c1-20(2)34-24-12-10-22(11-13-24)8-6-16-29-28(33)23-14-17-32(18-15-23)19-26-30-27(31-35-26)25-9-5-4-7-21(25)3/h4-5,7,9-13,20,23H,6,8,14-19H2,1-3H3,(H,29,33). The Balaban J connectivity index is 1.15. The van der Waals surface area contributed by atoms with Crippen molar-refractivity contribution < 1.29 is 14.1 Å². The number of aromatic nitrogens is 2. The maximum absolute atomic E-state index is 12.6. The van der Waals surface area contributed by atoms with Crippen molar-refractivity contribution in [3.8, 4) is 17.1 Å². The van der Waals surface area contributed by atoms with Gasteiger partial charge in [0.1, 0.15) is 5.75 Å². The van der Waals surface area contributed by atoms with E-state index < -0.39 is 0 Å². The first-order chi connectivity index (χ1) is 17.0. The Morgan fingerprint density at radius 2 is 1.89 bits per heavy atom. The summed E-state index contributed by atoms with van der Waals surface area (Å²) in [6.45, 7) is 9.12. The molecule has 0 spiro atoms. The zero-order chi connectivity index (χ0) is 24.6. The number of ether oxygens (including phenoxy) is 1. The number of piperidine rings is 1. The highest BCUT2D eigenvalue weighted by Crippen LogP contribution is 2.22. The first-order valence-corrected chi connectivity index (χ1v) is 12.6. The highest BCUT2D eigenvalue weighted by atomic mass is 16.5. The lowest BCUT2D eigenvalue weighted by molar-refractivity contribution is -0.126. The van der Waals surface area contributed by atoms with Gasteiger partial charge in [0.2, 0.25) is 17.6 Å². The molecule has 0 radical (unpaired) electrons. The molecule has 1 amide bonds. The van der Waals surface area contributed by atoms with Gasteiger partial charge in [-0.05, 0) is 82.8 Å². The van der Waals surface area contributed by atoms with E-state index in [-0.39, 0.29) is 17.9 Å². The summed E-state index contributed by atoms with van der Waals surface area (Å²) >= 11 is 0. The van der Waals surface area contributed by atoms with Crippen LogP contribution in [0.2, 0.25) is 0 Å². The van der Waals surface area contributed by atoms with Gasteiger partial charge < -0.3 is 14.6 Å². The Hall–Kier alpha value is -3.19. The molecule has 0 bridgehead atoms. The van der Waals surface area contributed by atoms with Gasteiger partial charge >= 0.3 is 0 Å². The first-order valence-electron chi connectivity index (χ1n) is 12.6. The number of nitrogens with one attached hydrogen (secondary N) is 1. The minimum absolute atomic E-state index is 0.0731. The maximum Gasteiger partial charge on any atom is 0.241 e. The van der Waals surface area contributed by atoms with Crippen LogP contribution in [-0.4, -0.2) is 46.7 Å². The van der Waals surface area contributed by atoms with Crippen molar-refractivity contribution in [2.75, 3.05) is 19.6 Å². The molecular formula is C28H36N4O3. The van der Waals surface area contributed by atoms with Crippen LogP contribution in [0.1, 0.15) is 50.1 Å². The van der Waals surface area contributed by atoms with Crippen molar-refractivity contribution >= 4 is 5.91 Å². The van der Waals surface area contributed by atoms with Gasteiger partial charge in [0.05, 0.1) is 12.6 Å².